The minimum atomic E-state index is -0.487. The Morgan fingerprint density at radius 2 is 2.13 bits per heavy atom. The summed E-state index contributed by atoms with van der Waals surface area (Å²) in [6, 6.07) is 4.57. The summed E-state index contributed by atoms with van der Waals surface area (Å²) in [5, 5.41) is 28.2. The van der Waals surface area contributed by atoms with Crippen molar-refractivity contribution in [3.05, 3.63) is 33.9 Å². The van der Waals surface area contributed by atoms with Crippen LogP contribution < -0.4 is 0 Å². The molecule has 1 aromatic carbocycles. The van der Waals surface area contributed by atoms with Crippen molar-refractivity contribution in [3.63, 3.8) is 0 Å². The predicted octanol–water partition coefficient (Wildman–Crippen LogP) is 1.17. The zero-order valence-corrected chi connectivity index (χ0v) is 8.74. The largest absolute Gasteiger partial charge is 0.396 e. The third kappa shape index (κ3) is 3.19. The van der Waals surface area contributed by atoms with Crippen molar-refractivity contribution in [3.8, 4) is 0 Å². The van der Waals surface area contributed by atoms with Gasteiger partial charge >= 0.3 is 0 Å². The van der Waals surface area contributed by atoms with E-state index in [9.17, 15) is 10.1 Å². The number of aliphatic hydroxyl groups is 2. The SMILES string of the molecule is O=[N+]([O-])c1cc(CO)ccc1SCCO. The summed E-state index contributed by atoms with van der Waals surface area (Å²) in [6.07, 6.45) is 0. The lowest BCUT2D eigenvalue weighted by Crippen LogP contribution is -1.95. The maximum Gasteiger partial charge on any atom is 0.283 e. The van der Waals surface area contributed by atoms with Gasteiger partial charge in [0.15, 0.2) is 0 Å². The van der Waals surface area contributed by atoms with Gasteiger partial charge in [-0.15, -0.1) is 11.8 Å². The lowest BCUT2D eigenvalue weighted by Gasteiger charge is -2.03. The predicted molar refractivity (Wildman–Crippen MR) is 56.8 cm³/mol. The van der Waals surface area contributed by atoms with Crippen molar-refractivity contribution in [2.75, 3.05) is 12.4 Å². The summed E-state index contributed by atoms with van der Waals surface area (Å²) in [7, 11) is 0. The van der Waals surface area contributed by atoms with Crippen LogP contribution in [0.3, 0.4) is 0 Å². The molecular weight excluding hydrogens is 218 g/mol. The van der Waals surface area contributed by atoms with Gasteiger partial charge in [0.1, 0.15) is 0 Å². The van der Waals surface area contributed by atoms with Crippen molar-refractivity contribution < 1.29 is 15.1 Å². The molecule has 0 unspecified atom stereocenters. The number of hydrogen-bond acceptors (Lipinski definition) is 5. The van der Waals surface area contributed by atoms with Crippen molar-refractivity contribution in [2.24, 2.45) is 0 Å². The van der Waals surface area contributed by atoms with Crippen molar-refractivity contribution in [1.29, 1.82) is 0 Å². The second-order valence-corrected chi connectivity index (χ2v) is 3.93. The topological polar surface area (TPSA) is 83.6 Å². The van der Waals surface area contributed by atoms with Crippen LogP contribution in [0.15, 0.2) is 23.1 Å². The van der Waals surface area contributed by atoms with E-state index in [-0.39, 0.29) is 18.9 Å². The zero-order valence-electron chi connectivity index (χ0n) is 7.92. The van der Waals surface area contributed by atoms with Gasteiger partial charge in [0.2, 0.25) is 0 Å². The quantitative estimate of drug-likeness (QED) is 0.450. The molecule has 0 aliphatic heterocycles. The first-order chi connectivity index (χ1) is 7.19. The second-order valence-electron chi connectivity index (χ2n) is 2.79. The van der Waals surface area contributed by atoms with Crippen LogP contribution in [0.25, 0.3) is 0 Å². The minimum Gasteiger partial charge on any atom is -0.396 e. The van der Waals surface area contributed by atoms with E-state index in [1.54, 1.807) is 12.1 Å². The van der Waals surface area contributed by atoms with Crippen LogP contribution in [-0.2, 0) is 6.61 Å². The summed E-state index contributed by atoms with van der Waals surface area (Å²) in [5.74, 6) is 0.416. The van der Waals surface area contributed by atoms with Gasteiger partial charge in [-0.25, -0.2) is 0 Å². The maximum absolute atomic E-state index is 10.7. The van der Waals surface area contributed by atoms with E-state index in [4.69, 9.17) is 10.2 Å². The fourth-order valence-corrected chi connectivity index (χ4v) is 1.84. The number of benzene rings is 1. The van der Waals surface area contributed by atoms with E-state index in [0.717, 1.165) is 0 Å². The standard InChI is InChI=1S/C9H11NO4S/c11-3-4-15-9-2-1-7(6-12)5-8(9)10(13)14/h1-2,5,11-12H,3-4,6H2. The number of nitro groups is 1. The summed E-state index contributed by atoms with van der Waals surface area (Å²) in [6.45, 7) is -0.241. The molecule has 1 aromatic rings. The molecule has 5 nitrogen and oxygen atoms in total. The van der Waals surface area contributed by atoms with Crippen LogP contribution in [-0.4, -0.2) is 27.5 Å². The molecule has 0 radical (unpaired) electrons. The number of thioether (sulfide) groups is 1. The Kier molecular flexibility index (Phi) is 4.54. The normalized spacial score (nSPS) is 10.3. The first-order valence-corrected chi connectivity index (χ1v) is 5.29. The van der Waals surface area contributed by atoms with E-state index in [1.165, 1.54) is 17.8 Å². The van der Waals surface area contributed by atoms with Crippen LogP contribution in [0.1, 0.15) is 5.56 Å². The lowest BCUT2D eigenvalue weighted by molar-refractivity contribution is -0.387. The van der Waals surface area contributed by atoms with Gasteiger partial charge in [-0.1, -0.05) is 6.07 Å². The molecule has 2 N–H and O–H groups in total. The highest BCUT2D eigenvalue weighted by Crippen LogP contribution is 2.29. The molecule has 0 aliphatic carbocycles. The van der Waals surface area contributed by atoms with Crippen molar-refractivity contribution >= 4 is 17.4 Å². The number of aliphatic hydroxyl groups excluding tert-OH is 2. The first kappa shape index (κ1) is 12.0. The maximum atomic E-state index is 10.7. The molecule has 6 heteroatoms. The molecule has 0 heterocycles. The van der Waals surface area contributed by atoms with E-state index in [0.29, 0.717) is 16.2 Å². The molecule has 0 aromatic heterocycles. The van der Waals surface area contributed by atoms with Gasteiger partial charge in [-0.3, -0.25) is 10.1 Å². The van der Waals surface area contributed by atoms with E-state index < -0.39 is 4.92 Å². The molecule has 82 valence electrons. The van der Waals surface area contributed by atoms with Gasteiger partial charge in [-0.05, 0) is 11.6 Å². The van der Waals surface area contributed by atoms with Crippen molar-refractivity contribution in [2.45, 2.75) is 11.5 Å². The molecule has 0 bridgehead atoms. The molecule has 0 amide bonds. The summed E-state index contributed by atoms with van der Waals surface area (Å²) in [4.78, 5) is 10.7. The number of hydrogen-bond donors (Lipinski definition) is 2. The molecule has 15 heavy (non-hydrogen) atoms. The Hall–Kier alpha value is -1.11. The van der Waals surface area contributed by atoms with Crippen LogP contribution >= 0.6 is 11.8 Å². The first-order valence-electron chi connectivity index (χ1n) is 4.31. The van der Waals surface area contributed by atoms with Crippen molar-refractivity contribution in [1.82, 2.24) is 0 Å². The van der Waals surface area contributed by atoms with Gasteiger partial charge in [-0.2, -0.15) is 0 Å². The van der Waals surface area contributed by atoms with Crippen LogP contribution in [0.4, 0.5) is 5.69 Å². The molecule has 1 rings (SSSR count). The molecule has 0 atom stereocenters. The van der Waals surface area contributed by atoms with Crippen LogP contribution in [0.2, 0.25) is 0 Å². The van der Waals surface area contributed by atoms with E-state index >= 15 is 0 Å². The smallest absolute Gasteiger partial charge is 0.283 e. The zero-order chi connectivity index (χ0) is 11.3. The monoisotopic (exact) mass is 229 g/mol. The summed E-state index contributed by atoms with van der Waals surface area (Å²) >= 11 is 1.22. The average molecular weight is 229 g/mol. The highest BCUT2D eigenvalue weighted by Gasteiger charge is 2.14. The highest BCUT2D eigenvalue weighted by atomic mass is 32.2. The molecule has 0 saturated carbocycles. The molecule has 0 spiro atoms. The fourth-order valence-electron chi connectivity index (χ4n) is 1.08. The summed E-state index contributed by atoms with van der Waals surface area (Å²) in [5.41, 5.74) is 0.482. The Bertz CT molecular complexity index is 356. The van der Waals surface area contributed by atoms with Crippen LogP contribution in [0.5, 0.6) is 0 Å². The Labute approximate surface area is 90.9 Å². The Balaban J connectivity index is 2.98. The van der Waals surface area contributed by atoms with Crippen LogP contribution in [0, 0.1) is 10.1 Å². The van der Waals surface area contributed by atoms with Gasteiger partial charge in [0, 0.05) is 11.8 Å². The average Bonchev–Trinajstić information content (AvgIpc) is 2.26. The highest BCUT2D eigenvalue weighted by molar-refractivity contribution is 7.99. The van der Waals surface area contributed by atoms with Gasteiger partial charge in [0.25, 0.3) is 5.69 Å². The van der Waals surface area contributed by atoms with E-state index in [2.05, 4.69) is 0 Å². The second kappa shape index (κ2) is 5.69. The number of nitro benzene ring substituents is 1. The summed E-state index contributed by atoms with van der Waals surface area (Å²) < 4.78 is 0. The number of nitrogens with zero attached hydrogens (tertiary/aromatic N) is 1. The molecule has 0 aliphatic rings. The van der Waals surface area contributed by atoms with Gasteiger partial charge < -0.3 is 10.2 Å². The lowest BCUT2D eigenvalue weighted by atomic mass is 10.2. The molecule has 0 saturated heterocycles. The minimum absolute atomic E-state index is 0.0242. The van der Waals surface area contributed by atoms with Gasteiger partial charge in [0.05, 0.1) is 23.0 Å². The molecule has 0 fully saturated rings. The third-order valence-corrected chi connectivity index (χ3v) is 2.79. The van der Waals surface area contributed by atoms with E-state index in [1.807, 2.05) is 0 Å². The Morgan fingerprint density at radius 1 is 1.40 bits per heavy atom. The number of rotatable bonds is 5. The third-order valence-electron chi connectivity index (χ3n) is 1.75. The fraction of sp³-hybridized carbons (Fsp3) is 0.333. The molecular formula is C9H11NO4S. The Morgan fingerprint density at radius 3 is 2.67 bits per heavy atom.